The maximum Gasteiger partial charge on any atom is 0.138 e. The molecule has 14 aromatic rings. The molecule has 16 heteroatoms. The Morgan fingerprint density at radius 3 is 1.13 bits per heavy atom. The molecule has 694 valence electrons. The molecule has 0 spiro atoms. The predicted molar refractivity (Wildman–Crippen MR) is 560 cm³/mol. The minimum atomic E-state index is 0.759. The monoisotopic (exact) mass is 1730 g/mol. The van der Waals surface area contributed by atoms with Crippen LogP contribution >= 0.6 is 11.8 Å². The molecular formula is C109H176N14OS. The first-order valence-electron chi connectivity index (χ1n) is 47.2. The number of hydrogen-bond acceptors (Lipinski definition) is 16. The lowest BCUT2D eigenvalue weighted by molar-refractivity contribution is 0.288. The number of aromatic nitrogens is 14. The zero-order valence-electron chi connectivity index (χ0n) is 85.6. The van der Waals surface area contributed by atoms with Crippen LogP contribution < -0.4 is 4.74 Å². The normalized spacial score (nSPS) is 9.35. The van der Waals surface area contributed by atoms with Crippen molar-refractivity contribution in [2.45, 2.75) is 312 Å². The largest absolute Gasteiger partial charge is 0.493 e. The van der Waals surface area contributed by atoms with Crippen LogP contribution in [-0.2, 0) is 25.7 Å². The number of rotatable bonds is 0. The molecule has 17 rings (SSSR count). The second-order valence-electron chi connectivity index (χ2n) is 20.4. The molecule has 6 aromatic carbocycles. The van der Waals surface area contributed by atoms with Gasteiger partial charge in [0.15, 0.2) is 0 Å². The lowest BCUT2D eigenvalue weighted by Gasteiger charge is -2.15. The third-order valence-corrected chi connectivity index (χ3v) is 14.9. The summed E-state index contributed by atoms with van der Waals surface area (Å²) < 4.78 is 5.42. The van der Waals surface area contributed by atoms with Crippen molar-refractivity contribution in [3.05, 3.63) is 315 Å². The summed E-state index contributed by atoms with van der Waals surface area (Å²) in [6, 6.07) is 63.1. The van der Waals surface area contributed by atoms with E-state index in [2.05, 4.69) is 137 Å². The summed E-state index contributed by atoms with van der Waals surface area (Å²) in [6.45, 7) is 74.6. The number of aryl methyl sites for hydroxylation is 7. The Morgan fingerprint density at radius 1 is 0.256 bits per heavy atom. The van der Waals surface area contributed by atoms with Gasteiger partial charge in [0.2, 0.25) is 0 Å². The molecule has 1 aliphatic carbocycles. The van der Waals surface area contributed by atoms with Crippen LogP contribution in [0, 0.1) is 20.8 Å². The highest BCUT2D eigenvalue weighted by Crippen LogP contribution is 2.29. The highest BCUT2D eigenvalue weighted by atomic mass is 32.2. The van der Waals surface area contributed by atoms with Crippen LogP contribution in [-0.4, -0.2) is 82.4 Å². The van der Waals surface area contributed by atoms with Gasteiger partial charge in [-0.15, -0.1) is 16.9 Å². The summed E-state index contributed by atoms with van der Waals surface area (Å²) in [5, 5.41) is 11.8. The zero-order chi connectivity index (χ0) is 97.0. The zero-order valence-corrected chi connectivity index (χ0v) is 86.4. The fraction of sp³-hybridized carbons (Fsp3) is 0.431. The Hall–Kier alpha value is -10.7. The van der Waals surface area contributed by atoms with Crippen molar-refractivity contribution in [1.29, 1.82) is 0 Å². The molecule has 0 saturated heterocycles. The average molecular weight is 1730 g/mol. The maximum atomic E-state index is 5.42. The van der Waals surface area contributed by atoms with Crippen molar-refractivity contribution < 1.29 is 4.74 Å². The molecule has 2 aliphatic heterocycles. The lowest BCUT2D eigenvalue weighted by Crippen LogP contribution is -2.07. The van der Waals surface area contributed by atoms with Crippen molar-refractivity contribution in [2.75, 3.05) is 12.4 Å². The van der Waals surface area contributed by atoms with E-state index in [1.807, 2.05) is 420 Å². The van der Waals surface area contributed by atoms with Crippen LogP contribution in [0.3, 0.4) is 0 Å². The fourth-order valence-corrected chi connectivity index (χ4v) is 10.1. The Bertz CT molecular complexity index is 3460. The van der Waals surface area contributed by atoms with E-state index in [4.69, 9.17) is 4.74 Å². The average Bonchev–Trinajstić information content (AvgIpc) is 0.914. The number of pyridine rings is 4. The Balaban J connectivity index is -0.000000142. The molecule has 0 bridgehead atoms. The van der Waals surface area contributed by atoms with E-state index in [0.29, 0.717) is 0 Å². The Morgan fingerprint density at radius 2 is 0.664 bits per heavy atom. The van der Waals surface area contributed by atoms with E-state index in [-0.39, 0.29) is 0 Å². The summed E-state index contributed by atoms with van der Waals surface area (Å²) in [7, 11) is 0. The Kier molecular flexibility index (Phi) is 124. The first-order chi connectivity index (χ1) is 61.9. The number of thioether (sulfide) groups is 1. The van der Waals surface area contributed by atoms with Gasteiger partial charge < -0.3 is 4.74 Å². The smallest absolute Gasteiger partial charge is 0.138 e. The molecule has 0 radical (unpaired) electrons. The van der Waals surface area contributed by atoms with Gasteiger partial charge >= 0.3 is 0 Å². The van der Waals surface area contributed by atoms with Gasteiger partial charge in [0, 0.05) is 77.1 Å². The van der Waals surface area contributed by atoms with Gasteiger partial charge in [-0.2, -0.15) is 5.10 Å². The minimum Gasteiger partial charge on any atom is -0.493 e. The molecule has 10 heterocycles. The fourth-order valence-electron chi connectivity index (χ4n) is 9.02. The van der Waals surface area contributed by atoms with Crippen molar-refractivity contribution in [3.8, 4) is 5.75 Å². The van der Waals surface area contributed by atoms with Crippen LogP contribution in [0.15, 0.2) is 280 Å². The molecule has 0 saturated carbocycles. The second-order valence-corrected chi connectivity index (χ2v) is 21.6. The number of hydrogen-bond donors (Lipinski definition) is 0. The minimum absolute atomic E-state index is 0.759. The van der Waals surface area contributed by atoms with Crippen LogP contribution in [0.5, 0.6) is 5.75 Å². The maximum absolute atomic E-state index is 5.42. The van der Waals surface area contributed by atoms with Gasteiger partial charge in [0.25, 0.3) is 0 Å². The highest BCUT2D eigenvalue weighted by molar-refractivity contribution is 7.99. The quantitative estimate of drug-likeness (QED) is 0.139. The van der Waals surface area contributed by atoms with Crippen LogP contribution in [0.1, 0.15) is 301 Å². The first kappa shape index (κ1) is 135. The predicted octanol–water partition coefficient (Wildman–Crippen LogP) is 33.6. The third kappa shape index (κ3) is 72.3. The SMILES string of the molecule is CC.CC.CC.CC.CC.CC.CC.CC.CC.CC.CC.CC.CC.CC.CC.CC.CC.Cc1ccncc1.Cc1cnncn1.Cc1ncncn1.c1ccc2c(c1)CCCO2.c1ccc2c(c1)CCCS2.c1ccc2cnccc2c1.c1ccc2ncccc2c1.c1ccc2nccnc2c1.c1ccc2ncncc2c1.c1cnc2c(c1)CCCC2. The number of fused-ring (bicyclic) bond motifs is 7. The van der Waals surface area contributed by atoms with Crippen LogP contribution in [0.2, 0.25) is 0 Å². The first-order valence-corrected chi connectivity index (χ1v) is 48.2. The number of para-hydroxylation sites is 5. The Labute approximate surface area is 770 Å². The summed E-state index contributed by atoms with van der Waals surface area (Å²) in [5.74, 6) is 3.14. The number of nitrogens with zero attached hydrogens (tertiary/aromatic N) is 14. The molecule has 0 unspecified atom stereocenters. The van der Waals surface area contributed by atoms with Crippen molar-refractivity contribution in [3.63, 3.8) is 0 Å². The summed E-state index contributed by atoms with van der Waals surface area (Å²) >= 11 is 1.99. The highest BCUT2D eigenvalue weighted by Gasteiger charge is 2.09. The van der Waals surface area contributed by atoms with E-state index in [1.54, 1.807) is 42.9 Å². The summed E-state index contributed by atoms with van der Waals surface area (Å²) in [6.07, 6.45) is 33.8. The molecule has 3 aliphatic rings. The van der Waals surface area contributed by atoms with Crippen molar-refractivity contribution in [1.82, 2.24) is 70.0 Å². The summed E-state index contributed by atoms with van der Waals surface area (Å²) in [5.41, 5.74) is 11.8. The van der Waals surface area contributed by atoms with Crippen molar-refractivity contribution in [2.24, 2.45) is 0 Å². The second kappa shape index (κ2) is 115. The van der Waals surface area contributed by atoms with Gasteiger partial charge in [-0.05, 0) is 178 Å². The third-order valence-electron chi connectivity index (χ3n) is 13.7. The molecule has 0 atom stereocenters. The molecule has 8 aromatic heterocycles. The molecule has 125 heavy (non-hydrogen) atoms. The number of benzene rings is 6. The topological polar surface area (TPSA) is 190 Å². The van der Waals surface area contributed by atoms with Crippen LogP contribution in [0.4, 0.5) is 0 Å². The summed E-state index contributed by atoms with van der Waals surface area (Å²) in [4.78, 5) is 49.0. The van der Waals surface area contributed by atoms with E-state index < -0.39 is 0 Å². The van der Waals surface area contributed by atoms with Gasteiger partial charge in [0.1, 0.15) is 36.9 Å². The number of ether oxygens (including phenoxy) is 1. The molecule has 0 amide bonds. The standard InChI is InChI=1S/C9H11N.2C9H7N.C9H10O.C9H10S.2C8H6N2.C6H7N.2C4H5N3.17C2H6/c2*1-2-6-9-8(4-1)5-3-7-10-9;1-2-4-9-7-10-6-5-8(9)3-1;2*1-2-6-9-8(4-1)5-3-7-10-9;1-2-4-8-7(3-1)5-9-6-10-8;1-2-4-8-7(3-1)9-5-6-10-8;1-6-2-4-7-5-3-6;1-4-6-2-5-3-7-4;1-4-2-6-7-3-5-4;17*1-2/h3,5,7H,1-2,4,6H2;2*1-7H;2*1-2,4,6H,3,5,7H2;2*1-6H;2-5H,1H3;2*2-3H,1H3;17*1-2H3. The van der Waals surface area contributed by atoms with Gasteiger partial charge in [-0.25, -0.2) is 29.9 Å². The molecule has 15 nitrogen and oxygen atoms in total. The van der Waals surface area contributed by atoms with E-state index in [0.717, 1.165) is 57.7 Å². The van der Waals surface area contributed by atoms with Gasteiger partial charge in [-0.3, -0.25) is 29.9 Å². The molecule has 0 N–H and O–H groups in total. The van der Waals surface area contributed by atoms with Crippen LogP contribution in [0.25, 0.3) is 43.6 Å². The van der Waals surface area contributed by atoms with E-state index in [9.17, 15) is 0 Å². The molecule has 0 fully saturated rings. The molecular weight excluding hydrogens is 1550 g/mol. The lowest BCUT2D eigenvalue weighted by atomic mass is 9.96. The van der Waals surface area contributed by atoms with Crippen molar-refractivity contribution >= 4 is 55.4 Å². The van der Waals surface area contributed by atoms with Gasteiger partial charge in [0.05, 0.1) is 40.6 Å². The van der Waals surface area contributed by atoms with E-state index >= 15 is 0 Å². The van der Waals surface area contributed by atoms with Gasteiger partial charge in [-0.1, -0.05) is 357 Å². The van der Waals surface area contributed by atoms with E-state index in [1.165, 1.54) is 113 Å².